The average Bonchev–Trinajstić information content (AvgIpc) is 2.90. The van der Waals surface area contributed by atoms with Gasteiger partial charge < -0.3 is 16.4 Å². The second kappa shape index (κ2) is 14.1. The lowest BCUT2D eigenvalue weighted by Gasteiger charge is -2.29. The molecule has 1 aromatic carbocycles. The Morgan fingerprint density at radius 1 is 1.22 bits per heavy atom. The first kappa shape index (κ1) is 29.3. The molecule has 0 bridgehead atoms. The molecule has 3 atom stereocenters. The van der Waals surface area contributed by atoms with Crippen molar-refractivity contribution in [2.45, 2.75) is 77.0 Å². The van der Waals surface area contributed by atoms with Crippen LogP contribution in [-0.2, 0) is 15.6 Å². The minimum Gasteiger partial charge on any atom is -0.355 e. The fourth-order valence-electron chi connectivity index (χ4n) is 5.69. The maximum absolute atomic E-state index is 13.0. The summed E-state index contributed by atoms with van der Waals surface area (Å²) in [6.45, 7) is 7.55. The second-order valence-corrected chi connectivity index (χ2v) is 12.1. The highest BCUT2D eigenvalue weighted by molar-refractivity contribution is 7.84. The van der Waals surface area contributed by atoms with E-state index in [1.807, 2.05) is 30.3 Å². The lowest BCUT2D eigenvalue weighted by atomic mass is 9.78. The van der Waals surface area contributed by atoms with Crippen LogP contribution in [0.3, 0.4) is 0 Å². The smallest absolute Gasteiger partial charge is 0.254 e. The van der Waals surface area contributed by atoms with Gasteiger partial charge in [0.25, 0.3) is 5.91 Å². The number of allylic oxidation sites excluding steroid dienone is 3. The number of carbonyl (C=O) groups is 1. The molecule has 0 spiro atoms. The van der Waals surface area contributed by atoms with Gasteiger partial charge in [-0.1, -0.05) is 45.8 Å². The van der Waals surface area contributed by atoms with Crippen molar-refractivity contribution in [2.24, 2.45) is 34.4 Å². The van der Waals surface area contributed by atoms with Crippen LogP contribution in [0, 0.1) is 23.7 Å². The maximum atomic E-state index is 13.0. The van der Waals surface area contributed by atoms with E-state index in [1.165, 1.54) is 37.7 Å². The van der Waals surface area contributed by atoms with E-state index in [4.69, 9.17) is 10.7 Å². The number of nitrogens with zero attached hydrogens (tertiary/aromatic N) is 1. The number of nitrogens with two attached hydrogens (primary N) is 1. The van der Waals surface area contributed by atoms with Gasteiger partial charge in [-0.3, -0.25) is 9.00 Å². The molecular formula is C30H46N4O2S. The SMILES string of the molecule is CC/C1=C(C(C)CCC2CCC(CN)CC2)/N=C(Nc2cccc(S(C)=O)c2)/C(C(=O)NC)=C/CC1C. The van der Waals surface area contributed by atoms with Crippen molar-refractivity contribution in [1.82, 2.24) is 5.32 Å². The zero-order chi connectivity index (χ0) is 26.9. The molecule has 2 aliphatic rings. The van der Waals surface area contributed by atoms with E-state index in [9.17, 15) is 9.00 Å². The second-order valence-electron chi connectivity index (χ2n) is 10.8. The quantitative estimate of drug-likeness (QED) is 0.379. The monoisotopic (exact) mass is 526 g/mol. The molecule has 37 heavy (non-hydrogen) atoms. The van der Waals surface area contributed by atoms with Crippen LogP contribution in [-0.4, -0.2) is 35.8 Å². The fraction of sp³-hybridized carbons (Fsp3) is 0.600. The summed E-state index contributed by atoms with van der Waals surface area (Å²) in [6.07, 6.45) is 12.7. The van der Waals surface area contributed by atoms with Gasteiger partial charge in [-0.15, -0.1) is 0 Å². The van der Waals surface area contributed by atoms with Crippen molar-refractivity contribution in [3.05, 3.63) is 47.2 Å². The van der Waals surface area contributed by atoms with Crippen LogP contribution in [0.4, 0.5) is 5.69 Å². The number of carbonyl (C=O) groups excluding carboxylic acids is 1. The largest absolute Gasteiger partial charge is 0.355 e. The number of aliphatic imine (C=N–C) groups is 1. The molecule has 1 aromatic rings. The van der Waals surface area contributed by atoms with Gasteiger partial charge in [0.1, 0.15) is 5.84 Å². The molecule has 0 radical (unpaired) electrons. The molecule has 204 valence electrons. The molecule has 1 fully saturated rings. The van der Waals surface area contributed by atoms with E-state index in [2.05, 4.69) is 31.4 Å². The molecule has 0 saturated heterocycles. The highest BCUT2D eigenvalue weighted by Crippen LogP contribution is 2.36. The van der Waals surface area contributed by atoms with Crippen molar-refractivity contribution in [3.63, 3.8) is 0 Å². The van der Waals surface area contributed by atoms with E-state index in [-0.39, 0.29) is 5.91 Å². The molecule has 1 aliphatic heterocycles. The molecule has 1 heterocycles. The van der Waals surface area contributed by atoms with Crippen LogP contribution in [0.2, 0.25) is 0 Å². The van der Waals surface area contributed by atoms with E-state index >= 15 is 0 Å². The van der Waals surface area contributed by atoms with Gasteiger partial charge in [0.05, 0.1) is 5.57 Å². The molecule has 3 unspecified atom stereocenters. The lowest BCUT2D eigenvalue weighted by Crippen LogP contribution is -2.30. The molecule has 4 N–H and O–H groups in total. The summed E-state index contributed by atoms with van der Waals surface area (Å²) < 4.78 is 12.1. The first-order valence-electron chi connectivity index (χ1n) is 13.9. The number of amidine groups is 1. The first-order valence-corrected chi connectivity index (χ1v) is 15.5. The first-order chi connectivity index (χ1) is 17.8. The Morgan fingerprint density at radius 3 is 2.54 bits per heavy atom. The van der Waals surface area contributed by atoms with Crippen LogP contribution in [0.25, 0.3) is 0 Å². The highest BCUT2D eigenvalue weighted by Gasteiger charge is 2.26. The van der Waals surface area contributed by atoms with Crippen molar-refractivity contribution in [1.29, 1.82) is 0 Å². The van der Waals surface area contributed by atoms with Crippen LogP contribution < -0.4 is 16.4 Å². The number of amides is 1. The van der Waals surface area contributed by atoms with Crippen molar-refractivity contribution < 1.29 is 9.00 Å². The number of nitrogens with one attached hydrogen (secondary N) is 2. The Labute approximate surface area is 226 Å². The van der Waals surface area contributed by atoms with Gasteiger partial charge in [-0.05, 0) is 92.5 Å². The minimum absolute atomic E-state index is 0.155. The third-order valence-electron chi connectivity index (χ3n) is 8.14. The average molecular weight is 527 g/mol. The number of hydrogen-bond acceptors (Lipinski definition) is 5. The van der Waals surface area contributed by atoms with E-state index in [1.54, 1.807) is 13.3 Å². The third-order valence-corrected chi connectivity index (χ3v) is 9.06. The molecule has 6 nitrogen and oxygen atoms in total. The standard InChI is InChI=1S/C30H46N4O2S/c1-6-26-20(2)11-17-27(30(35)32-4)29(33-24-8-7-9-25(18-24)37(5)36)34-28(26)21(3)10-12-22-13-15-23(19-31)16-14-22/h7-9,17-18,20-23H,6,10-16,19,31H2,1-5H3,(H,32,35)(H,33,34)/b27-17-,28-26-. The third kappa shape index (κ3) is 7.87. The summed E-state index contributed by atoms with van der Waals surface area (Å²) in [7, 11) is 0.557. The zero-order valence-electron chi connectivity index (χ0n) is 23.3. The molecule has 3 rings (SSSR count). The molecule has 0 aromatic heterocycles. The summed E-state index contributed by atoms with van der Waals surface area (Å²) in [6, 6.07) is 7.52. The Bertz CT molecular complexity index is 1050. The van der Waals surface area contributed by atoms with Gasteiger partial charge in [-0.25, -0.2) is 4.99 Å². The summed E-state index contributed by atoms with van der Waals surface area (Å²) in [4.78, 5) is 18.9. The van der Waals surface area contributed by atoms with Crippen LogP contribution >= 0.6 is 0 Å². The van der Waals surface area contributed by atoms with Crippen LogP contribution in [0.1, 0.15) is 72.1 Å². The Kier molecular flexibility index (Phi) is 11.1. The Balaban J connectivity index is 1.93. The van der Waals surface area contributed by atoms with E-state index in [0.717, 1.165) is 48.0 Å². The molecular weight excluding hydrogens is 480 g/mol. The summed E-state index contributed by atoms with van der Waals surface area (Å²) in [5, 5.41) is 6.20. The van der Waals surface area contributed by atoms with Gasteiger partial charge in [0.2, 0.25) is 0 Å². The molecule has 7 heteroatoms. The number of hydrogen-bond donors (Lipinski definition) is 3. The van der Waals surface area contributed by atoms with Gasteiger partial charge >= 0.3 is 0 Å². The predicted octanol–water partition coefficient (Wildman–Crippen LogP) is 5.79. The number of rotatable bonds is 9. The molecule has 1 amide bonds. The normalized spacial score (nSPS) is 29.1. The van der Waals surface area contributed by atoms with Gasteiger partial charge in [0.15, 0.2) is 0 Å². The maximum Gasteiger partial charge on any atom is 0.254 e. The number of anilines is 1. The number of benzene rings is 1. The number of likely N-dealkylation sites (N-methyl/N-ethyl adjacent to an activating group) is 1. The predicted molar refractivity (Wildman–Crippen MR) is 156 cm³/mol. The Hall–Kier alpha value is -2.25. The van der Waals surface area contributed by atoms with Crippen LogP contribution in [0.5, 0.6) is 0 Å². The van der Waals surface area contributed by atoms with Gasteiger partial charge in [-0.2, -0.15) is 0 Å². The van der Waals surface area contributed by atoms with E-state index in [0.29, 0.717) is 29.2 Å². The van der Waals surface area contributed by atoms with Crippen LogP contribution in [0.15, 0.2) is 57.1 Å². The van der Waals surface area contributed by atoms with Crippen molar-refractivity contribution in [3.8, 4) is 0 Å². The summed E-state index contributed by atoms with van der Waals surface area (Å²) in [5.74, 6) is 2.48. The van der Waals surface area contributed by atoms with E-state index < -0.39 is 10.8 Å². The lowest BCUT2D eigenvalue weighted by molar-refractivity contribution is -0.116. The summed E-state index contributed by atoms with van der Waals surface area (Å²) >= 11 is 0. The zero-order valence-corrected chi connectivity index (χ0v) is 24.1. The fourth-order valence-corrected chi connectivity index (χ4v) is 6.26. The topological polar surface area (TPSA) is 96.6 Å². The van der Waals surface area contributed by atoms with Crippen molar-refractivity contribution in [2.75, 3.05) is 25.2 Å². The minimum atomic E-state index is -1.10. The van der Waals surface area contributed by atoms with Gasteiger partial charge in [0, 0.05) is 40.4 Å². The summed E-state index contributed by atoms with van der Waals surface area (Å²) in [5.41, 5.74) is 9.70. The Morgan fingerprint density at radius 2 is 1.92 bits per heavy atom. The van der Waals surface area contributed by atoms with Crippen molar-refractivity contribution >= 4 is 28.2 Å². The highest BCUT2D eigenvalue weighted by atomic mass is 32.2. The molecule has 1 aliphatic carbocycles. The molecule has 1 saturated carbocycles.